The molecule has 0 bridgehead atoms. The normalized spacial score (nSPS) is 10.2. The molecule has 20 heavy (non-hydrogen) atoms. The van der Waals surface area contributed by atoms with Gasteiger partial charge >= 0.3 is 0 Å². The number of hydrogen-bond donors (Lipinski definition) is 2. The largest absolute Gasteiger partial charge is 0.378 e. The van der Waals surface area contributed by atoms with Crippen LogP contribution in [0.4, 0.5) is 11.4 Å². The van der Waals surface area contributed by atoms with Gasteiger partial charge in [0.1, 0.15) is 0 Å². The first kappa shape index (κ1) is 14.1. The zero-order chi connectivity index (χ0) is 14.5. The molecule has 0 aliphatic rings. The Morgan fingerprint density at radius 1 is 1.10 bits per heavy atom. The smallest absolute Gasteiger partial charge is 0.255 e. The minimum Gasteiger partial charge on any atom is -0.378 e. The van der Waals surface area contributed by atoms with Crippen molar-refractivity contribution in [3.05, 3.63) is 59.7 Å². The van der Waals surface area contributed by atoms with Crippen molar-refractivity contribution in [3.63, 3.8) is 0 Å². The molecule has 2 aromatic rings. The first-order valence-corrected chi connectivity index (χ1v) is 6.48. The number of carbonyl (C=O) groups is 1. The molecule has 3 N–H and O–H groups in total. The second kappa shape index (κ2) is 6.21. The van der Waals surface area contributed by atoms with Crippen molar-refractivity contribution in [1.29, 1.82) is 0 Å². The fourth-order valence-electron chi connectivity index (χ4n) is 1.93. The number of anilines is 2. The summed E-state index contributed by atoms with van der Waals surface area (Å²) in [6, 6.07) is 15.0. The average molecular weight is 269 g/mol. The Bertz CT molecular complexity index is 591. The molecule has 0 fully saturated rings. The molecule has 0 radical (unpaired) electrons. The van der Waals surface area contributed by atoms with Crippen LogP contribution < -0.4 is 16.0 Å². The van der Waals surface area contributed by atoms with Gasteiger partial charge in [0.2, 0.25) is 0 Å². The van der Waals surface area contributed by atoms with Gasteiger partial charge in [-0.05, 0) is 35.9 Å². The lowest BCUT2D eigenvalue weighted by atomic mass is 10.1. The van der Waals surface area contributed by atoms with Gasteiger partial charge in [0.05, 0.1) is 0 Å². The molecular weight excluding hydrogens is 250 g/mol. The Morgan fingerprint density at radius 3 is 2.35 bits per heavy atom. The van der Waals surface area contributed by atoms with Crippen molar-refractivity contribution in [1.82, 2.24) is 0 Å². The van der Waals surface area contributed by atoms with Crippen molar-refractivity contribution in [2.45, 2.75) is 6.54 Å². The van der Waals surface area contributed by atoms with E-state index in [9.17, 15) is 4.79 Å². The molecule has 104 valence electrons. The fraction of sp³-hybridized carbons (Fsp3) is 0.188. The highest BCUT2D eigenvalue weighted by Gasteiger charge is 2.08. The standard InChI is InChI=1S/C16H19N3O/c1-19(2)14-9-7-12(8-10-14)16(20)18-15-6-4-3-5-13(15)11-17/h3-10H,11,17H2,1-2H3,(H,18,20). The summed E-state index contributed by atoms with van der Waals surface area (Å²) in [6.07, 6.45) is 0. The van der Waals surface area contributed by atoms with Crippen LogP contribution in [0.2, 0.25) is 0 Å². The van der Waals surface area contributed by atoms with Gasteiger partial charge in [-0.25, -0.2) is 0 Å². The van der Waals surface area contributed by atoms with Crippen LogP contribution in [0.1, 0.15) is 15.9 Å². The highest BCUT2D eigenvalue weighted by Crippen LogP contribution is 2.17. The fourth-order valence-corrected chi connectivity index (χ4v) is 1.93. The maximum atomic E-state index is 12.2. The topological polar surface area (TPSA) is 58.4 Å². The van der Waals surface area contributed by atoms with E-state index in [1.165, 1.54) is 0 Å². The van der Waals surface area contributed by atoms with E-state index in [1.807, 2.05) is 67.5 Å². The summed E-state index contributed by atoms with van der Waals surface area (Å²) in [5.74, 6) is -0.129. The summed E-state index contributed by atoms with van der Waals surface area (Å²) in [5, 5.41) is 2.89. The van der Waals surface area contributed by atoms with Crippen LogP contribution >= 0.6 is 0 Å². The van der Waals surface area contributed by atoms with E-state index < -0.39 is 0 Å². The second-order valence-corrected chi connectivity index (χ2v) is 4.76. The van der Waals surface area contributed by atoms with Crippen molar-refractivity contribution in [2.24, 2.45) is 5.73 Å². The number of nitrogens with one attached hydrogen (secondary N) is 1. The van der Waals surface area contributed by atoms with Gasteiger partial charge in [-0.3, -0.25) is 4.79 Å². The number of carbonyl (C=O) groups excluding carboxylic acids is 1. The molecule has 0 spiro atoms. The quantitative estimate of drug-likeness (QED) is 0.896. The van der Waals surface area contributed by atoms with E-state index in [0.29, 0.717) is 12.1 Å². The molecule has 0 aliphatic carbocycles. The average Bonchev–Trinajstić information content (AvgIpc) is 2.48. The van der Waals surface area contributed by atoms with Gasteiger partial charge in [-0.1, -0.05) is 18.2 Å². The van der Waals surface area contributed by atoms with Crippen LogP contribution in [-0.2, 0) is 6.54 Å². The third-order valence-corrected chi connectivity index (χ3v) is 3.13. The molecule has 2 aromatic carbocycles. The maximum Gasteiger partial charge on any atom is 0.255 e. The van der Waals surface area contributed by atoms with Gasteiger partial charge in [0, 0.05) is 37.6 Å². The predicted molar refractivity (Wildman–Crippen MR) is 83.1 cm³/mol. The Hall–Kier alpha value is -2.33. The molecular formula is C16H19N3O. The van der Waals surface area contributed by atoms with E-state index in [-0.39, 0.29) is 5.91 Å². The summed E-state index contributed by atoms with van der Waals surface area (Å²) in [5.41, 5.74) is 9.03. The number of benzene rings is 2. The molecule has 0 saturated heterocycles. The summed E-state index contributed by atoms with van der Waals surface area (Å²) in [4.78, 5) is 14.2. The molecule has 0 saturated carbocycles. The van der Waals surface area contributed by atoms with Crippen LogP contribution in [0.15, 0.2) is 48.5 Å². The van der Waals surface area contributed by atoms with Crippen molar-refractivity contribution in [2.75, 3.05) is 24.3 Å². The first-order valence-electron chi connectivity index (χ1n) is 6.48. The number of para-hydroxylation sites is 1. The van der Waals surface area contributed by atoms with E-state index in [1.54, 1.807) is 0 Å². The van der Waals surface area contributed by atoms with Gasteiger partial charge in [0.25, 0.3) is 5.91 Å². The first-order chi connectivity index (χ1) is 9.61. The van der Waals surface area contributed by atoms with E-state index in [2.05, 4.69) is 5.32 Å². The molecule has 0 heterocycles. The lowest BCUT2D eigenvalue weighted by Gasteiger charge is -2.13. The molecule has 1 amide bonds. The zero-order valence-electron chi connectivity index (χ0n) is 11.8. The molecule has 4 nitrogen and oxygen atoms in total. The number of hydrogen-bond acceptors (Lipinski definition) is 3. The van der Waals surface area contributed by atoms with E-state index in [0.717, 1.165) is 16.9 Å². The van der Waals surface area contributed by atoms with E-state index in [4.69, 9.17) is 5.73 Å². The Kier molecular flexibility index (Phi) is 4.38. The Morgan fingerprint density at radius 2 is 1.75 bits per heavy atom. The van der Waals surface area contributed by atoms with Crippen molar-refractivity contribution >= 4 is 17.3 Å². The van der Waals surface area contributed by atoms with Gasteiger partial charge in [-0.15, -0.1) is 0 Å². The predicted octanol–water partition coefficient (Wildman–Crippen LogP) is 2.46. The van der Waals surface area contributed by atoms with Crippen molar-refractivity contribution < 1.29 is 4.79 Å². The van der Waals surface area contributed by atoms with Crippen LogP contribution in [0, 0.1) is 0 Å². The molecule has 0 atom stereocenters. The Labute approximate surface area is 119 Å². The second-order valence-electron chi connectivity index (χ2n) is 4.76. The van der Waals surface area contributed by atoms with Gasteiger partial charge in [0.15, 0.2) is 0 Å². The van der Waals surface area contributed by atoms with Crippen molar-refractivity contribution in [3.8, 4) is 0 Å². The summed E-state index contributed by atoms with van der Waals surface area (Å²) in [7, 11) is 3.93. The third kappa shape index (κ3) is 3.16. The number of nitrogens with two attached hydrogens (primary N) is 1. The lowest BCUT2D eigenvalue weighted by Crippen LogP contribution is -2.15. The van der Waals surface area contributed by atoms with Gasteiger partial charge < -0.3 is 16.0 Å². The molecule has 0 unspecified atom stereocenters. The zero-order valence-corrected chi connectivity index (χ0v) is 11.8. The molecule has 0 aromatic heterocycles. The maximum absolute atomic E-state index is 12.2. The number of amides is 1. The monoisotopic (exact) mass is 269 g/mol. The van der Waals surface area contributed by atoms with Crippen LogP contribution in [-0.4, -0.2) is 20.0 Å². The molecule has 4 heteroatoms. The van der Waals surface area contributed by atoms with Gasteiger partial charge in [-0.2, -0.15) is 0 Å². The number of nitrogens with zero attached hydrogens (tertiary/aromatic N) is 1. The minimum absolute atomic E-state index is 0.129. The van der Waals surface area contributed by atoms with Crippen LogP contribution in [0.3, 0.4) is 0 Å². The molecule has 2 rings (SSSR count). The van der Waals surface area contributed by atoms with E-state index >= 15 is 0 Å². The number of rotatable bonds is 4. The molecule has 0 aliphatic heterocycles. The SMILES string of the molecule is CN(C)c1ccc(C(=O)Nc2ccccc2CN)cc1. The lowest BCUT2D eigenvalue weighted by molar-refractivity contribution is 0.102. The summed E-state index contributed by atoms with van der Waals surface area (Å²) in [6.45, 7) is 0.399. The highest BCUT2D eigenvalue weighted by atomic mass is 16.1. The third-order valence-electron chi connectivity index (χ3n) is 3.13. The summed E-state index contributed by atoms with van der Waals surface area (Å²) < 4.78 is 0. The van der Waals surface area contributed by atoms with Crippen LogP contribution in [0.25, 0.3) is 0 Å². The van der Waals surface area contributed by atoms with Crippen LogP contribution in [0.5, 0.6) is 0 Å². The minimum atomic E-state index is -0.129. The Balaban J connectivity index is 2.15. The highest BCUT2D eigenvalue weighted by molar-refractivity contribution is 6.04. The summed E-state index contributed by atoms with van der Waals surface area (Å²) >= 11 is 0.